The standard InChI is InChI=1S/C23H19ClN4O/c1-15-5-9-19(10-6-15)26-23(29)16-7-11-20(12-8-16)28-22(25)14-21(27-28)17-3-2-4-18(24)13-17/h2-14H,25H2,1H3,(H,26,29). The summed E-state index contributed by atoms with van der Waals surface area (Å²) in [7, 11) is 0. The Morgan fingerprint density at radius 1 is 1.00 bits per heavy atom. The molecule has 3 N–H and O–H groups in total. The van der Waals surface area contributed by atoms with Gasteiger partial charge >= 0.3 is 0 Å². The Labute approximate surface area is 173 Å². The topological polar surface area (TPSA) is 72.9 Å². The van der Waals surface area contributed by atoms with Gasteiger partial charge < -0.3 is 11.1 Å². The summed E-state index contributed by atoms with van der Waals surface area (Å²) < 4.78 is 1.64. The first-order valence-electron chi connectivity index (χ1n) is 9.09. The van der Waals surface area contributed by atoms with Gasteiger partial charge in [0.15, 0.2) is 0 Å². The molecular weight excluding hydrogens is 384 g/mol. The second-order valence-corrected chi connectivity index (χ2v) is 7.18. The smallest absolute Gasteiger partial charge is 0.255 e. The molecule has 0 aliphatic carbocycles. The molecule has 5 nitrogen and oxygen atoms in total. The van der Waals surface area contributed by atoms with Crippen molar-refractivity contribution in [3.05, 3.63) is 95.0 Å². The highest BCUT2D eigenvalue weighted by molar-refractivity contribution is 6.30. The van der Waals surface area contributed by atoms with Crippen LogP contribution in [0.25, 0.3) is 16.9 Å². The monoisotopic (exact) mass is 402 g/mol. The maximum Gasteiger partial charge on any atom is 0.255 e. The number of nitrogens with one attached hydrogen (secondary N) is 1. The summed E-state index contributed by atoms with van der Waals surface area (Å²) in [6.45, 7) is 2.00. The SMILES string of the molecule is Cc1ccc(NC(=O)c2ccc(-n3nc(-c4cccc(Cl)c4)cc3N)cc2)cc1. The molecule has 4 rings (SSSR count). The summed E-state index contributed by atoms with van der Waals surface area (Å²) >= 11 is 6.07. The van der Waals surface area contributed by atoms with Crippen molar-refractivity contribution in [3.63, 3.8) is 0 Å². The number of nitrogen functional groups attached to an aromatic ring is 1. The van der Waals surface area contributed by atoms with Gasteiger partial charge in [-0.2, -0.15) is 5.10 Å². The molecule has 6 heteroatoms. The lowest BCUT2D eigenvalue weighted by Gasteiger charge is -2.08. The molecule has 0 unspecified atom stereocenters. The molecule has 4 aromatic rings. The van der Waals surface area contributed by atoms with E-state index in [1.165, 1.54) is 0 Å². The number of halogens is 1. The van der Waals surface area contributed by atoms with E-state index in [-0.39, 0.29) is 5.91 Å². The minimum atomic E-state index is -0.173. The lowest BCUT2D eigenvalue weighted by molar-refractivity contribution is 0.102. The van der Waals surface area contributed by atoms with Crippen molar-refractivity contribution in [2.24, 2.45) is 0 Å². The van der Waals surface area contributed by atoms with Gasteiger partial charge in [0, 0.05) is 27.9 Å². The highest BCUT2D eigenvalue weighted by Gasteiger charge is 2.11. The van der Waals surface area contributed by atoms with E-state index in [0.717, 1.165) is 28.2 Å². The summed E-state index contributed by atoms with van der Waals surface area (Å²) in [6.07, 6.45) is 0. The normalized spacial score (nSPS) is 10.7. The third-order valence-corrected chi connectivity index (χ3v) is 4.78. The highest BCUT2D eigenvalue weighted by Crippen LogP contribution is 2.25. The van der Waals surface area contributed by atoms with E-state index in [0.29, 0.717) is 16.4 Å². The fourth-order valence-corrected chi connectivity index (χ4v) is 3.18. The van der Waals surface area contributed by atoms with E-state index in [2.05, 4.69) is 10.4 Å². The van der Waals surface area contributed by atoms with E-state index < -0.39 is 0 Å². The Morgan fingerprint density at radius 3 is 2.41 bits per heavy atom. The van der Waals surface area contributed by atoms with E-state index in [4.69, 9.17) is 17.3 Å². The predicted octanol–water partition coefficient (Wildman–Crippen LogP) is 5.34. The minimum Gasteiger partial charge on any atom is -0.384 e. The summed E-state index contributed by atoms with van der Waals surface area (Å²) in [5.41, 5.74) is 11.0. The van der Waals surface area contributed by atoms with Gasteiger partial charge in [0.1, 0.15) is 5.82 Å². The Hall–Kier alpha value is -3.57. The highest BCUT2D eigenvalue weighted by atomic mass is 35.5. The van der Waals surface area contributed by atoms with Gasteiger partial charge in [-0.15, -0.1) is 0 Å². The quantitative estimate of drug-likeness (QED) is 0.484. The van der Waals surface area contributed by atoms with E-state index in [1.54, 1.807) is 22.9 Å². The zero-order valence-electron chi connectivity index (χ0n) is 15.8. The molecule has 0 atom stereocenters. The first kappa shape index (κ1) is 18.8. The number of amides is 1. The third kappa shape index (κ3) is 4.15. The first-order chi connectivity index (χ1) is 14.0. The fourth-order valence-electron chi connectivity index (χ4n) is 2.99. The van der Waals surface area contributed by atoms with Gasteiger partial charge in [0.2, 0.25) is 0 Å². The molecule has 0 aliphatic rings. The largest absolute Gasteiger partial charge is 0.384 e. The van der Waals surface area contributed by atoms with Crippen LogP contribution in [-0.2, 0) is 0 Å². The van der Waals surface area contributed by atoms with Crippen LogP contribution in [-0.4, -0.2) is 15.7 Å². The second kappa shape index (κ2) is 7.81. The van der Waals surface area contributed by atoms with Crippen LogP contribution >= 0.6 is 11.6 Å². The number of anilines is 2. The predicted molar refractivity (Wildman–Crippen MR) is 118 cm³/mol. The van der Waals surface area contributed by atoms with Crippen LogP contribution < -0.4 is 11.1 Å². The average molecular weight is 403 g/mol. The number of aryl methyl sites for hydroxylation is 1. The lowest BCUT2D eigenvalue weighted by atomic mass is 10.1. The van der Waals surface area contributed by atoms with Gasteiger partial charge in [-0.3, -0.25) is 4.79 Å². The number of hydrogen-bond acceptors (Lipinski definition) is 3. The van der Waals surface area contributed by atoms with Crippen LogP contribution in [0, 0.1) is 6.92 Å². The summed E-state index contributed by atoms with van der Waals surface area (Å²) in [5.74, 6) is 0.324. The van der Waals surface area contributed by atoms with Crippen LogP contribution in [0.2, 0.25) is 5.02 Å². The molecule has 1 heterocycles. The van der Waals surface area contributed by atoms with Gasteiger partial charge in [-0.1, -0.05) is 41.4 Å². The van der Waals surface area contributed by atoms with Crippen LogP contribution in [0.15, 0.2) is 78.9 Å². The van der Waals surface area contributed by atoms with Crippen molar-refractivity contribution < 1.29 is 4.79 Å². The van der Waals surface area contributed by atoms with E-state index in [1.807, 2.05) is 67.6 Å². The van der Waals surface area contributed by atoms with Crippen LogP contribution in [0.5, 0.6) is 0 Å². The average Bonchev–Trinajstić information content (AvgIpc) is 3.11. The van der Waals surface area contributed by atoms with Gasteiger partial charge in [0.05, 0.1) is 11.4 Å². The Kier molecular flexibility index (Phi) is 5.06. The maximum absolute atomic E-state index is 12.5. The number of carbonyl (C=O) groups is 1. The molecule has 0 fully saturated rings. The van der Waals surface area contributed by atoms with Crippen LogP contribution in [0.3, 0.4) is 0 Å². The number of hydrogen-bond donors (Lipinski definition) is 2. The Balaban J connectivity index is 1.55. The van der Waals surface area contributed by atoms with Crippen LogP contribution in [0.4, 0.5) is 11.5 Å². The van der Waals surface area contributed by atoms with Crippen molar-refractivity contribution >= 4 is 29.0 Å². The number of carbonyl (C=O) groups excluding carboxylic acids is 1. The molecule has 3 aromatic carbocycles. The van der Waals surface area contributed by atoms with Crippen molar-refractivity contribution in [1.29, 1.82) is 0 Å². The van der Waals surface area contributed by atoms with E-state index in [9.17, 15) is 4.79 Å². The number of aromatic nitrogens is 2. The maximum atomic E-state index is 12.5. The number of rotatable bonds is 4. The van der Waals surface area contributed by atoms with Crippen LogP contribution in [0.1, 0.15) is 15.9 Å². The fraction of sp³-hybridized carbons (Fsp3) is 0.0435. The molecule has 0 bridgehead atoms. The van der Waals surface area contributed by atoms with Crippen molar-refractivity contribution in [2.75, 3.05) is 11.1 Å². The number of benzene rings is 3. The zero-order chi connectivity index (χ0) is 20.4. The molecule has 29 heavy (non-hydrogen) atoms. The van der Waals surface area contributed by atoms with Crippen molar-refractivity contribution in [1.82, 2.24) is 9.78 Å². The molecular formula is C23H19ClN4O. The second-order valence-electron chi connectivity index (χ2n) is 6.74. The molecule has 0 radical (unpaired) electrons. The third-order valence-electron chi connectivity index (χ3n) is 4.54. The zero-order valence-corrected chi connectivity index (χ0v) is 16.5. The molecule has 0 saturated carbocycles. The van der Waals surface area contributed by atoms with E-state index >= 15 is 0 Å². The first-order valence-corrected chi connectivity index (χ1v) is 9.47. The lowest BCUT2D eigenvalue weighted by Crippen LogP contribution is -2.12. The Bertz CT molecular complexity index is 1160. The molecule has 0 saturated heterocycles. The Morgan fingerprint density at radius 2 is 1.72 bits per heavy atom. The van der Waals surface area contributed by atoms with Crippen molar-refractivity contribution in [2.45, 2.75) is 6.92 Å². The van der Waals surface area contributed by atoms with Crippen molar-refractivity contribution in [3.8, 4) is 16.9 Å². The summed E-state index contributed by atoms with van der Waals surface area (Å²) in [5, 5.41) is 8.10. The molecule has 0 spiro atoms. The number of nitrogens with two attached hydrogens (primary N) is 1. The van der Waals surface area contributed by atoms with Gasteiger partial charge in [-0.25, -0.2) is 4.68 Å². The van der Waals surface area contributed by atoms with Gasteiger partial charge in [-0.05, 0) is 55.5 Å². The number of nitrogens with zero attached hydrogens (tertiary/aromatic N) is 2. The molecule has 1 amide bonds. The minimum absolute atomic E-state index is 0.173. The molecule has 144 valence electrons. The summed E-state index contributed by atoms with van der Waals surface area (Å²) in [6, 6.07) is 24.0. The molecule has 1 aromatic heterocycles. The molecule has 0 aliphatic heterocycles. The van der Waals surface area contributed by atoms with Gasteiger partial charge in [0.25, 0.3) is 5.91 Å². The summed E-state index contributed by atoms with van der Waals surface area (Å²) in [4.78, 5) is 12.5.